The molecule has 0 bridgehead atoms. The molecule has 0 aromatic heterocycles. The smallest absolute Gasteiger partial charge is 0.226 e. The molecule has 1 fully saturated rings. The lowest BCUT2D eigenvalue weighted by Crippen LogP contribution is -2.48. The van der Waals surface area contributed by atoms with E-state index in [-0.39, 0.29) is 30.4 Å². The molecule has 1 aliphatic rings. The molecule has 4 atom stereocenters. The Labute approximate surface area is 149 Å². The molecule has 0 spiro atoms. The van der Waals surface area contributed by atoms with Crippen LogP contribution in [-0.4, -0.2) is 54.0 Å². The second-order valence-electron chi connectivity index (χ2n) is 7.07. The lowest BCUT2D eigenvalue weighted by atomic mass is 9.91. The molecular weight excluding hydrogens is 324 g/mol. The number of aliphatic hydroxyl groups is 1. The van der Waals surface area contributed by atoms with E-state index in [2.05, 4.69) is 5.32 Å². The van der Waals surface area contributed by atoms with Crippen LogP contribution in [0.5, 0.6) is 0 Å². The quantitative estimate of drug-likeness (QED) is 0.526. The van der Waals surface area contributed by atoms with E-state index in [0.29, 0.717) is 19.4 Å². The molecule has 7 heteroatoms. The number of aliphatic hydroxyl groups excluding tert-OH is 1. The summed E-state index contributed by atoms with van der Waals surface area (Å²) in [6, 6.07) is -0.695. The van der Waals surface area contributed by atoms with Gasteiger partial charge in [0.15, 0.2) is 11.6 Å². The summed E-state index contributed by atoms with van der Waals surface area (Å²) >= 11 is 0. The van der Waals surface area contributed by atoms with E-state index >= 15 is 0 Å². The van der Waals surface area contributed by atoms with Crippen LogP contribution in [0.1, 0.15) is 52.9 Å². The highest BCUT2D eigenvalue weighted by Crippen LogP contribution is 2.19. The zero-order valence-electron chi connectivity index (χ0n) is 15.5. The van der Waals surface area contributed by atoms with E-state index in [9.17, 15) is 19.5 Å². The van der Waals surface area contributed by atoms with Gasteiger partial charge in [-0.25, -0.2) is 0 Å². The number of rotatable bonds is 10. The number of carbonyl (C=O) groups excluding carboxylic acids is 3. The van der Waals surface area contributed by atoms with Gasteiger partial charge in [0.2, 0.25) is 5.91 Å². The average molecular weight is 356 g/mol. The Morgan fingerprint density at radius 2 is 1.92 bits per heavy atom. The molecule has 1 heterocycles. The van der Waals surface area contributed by atoms with Gasteiger partial charge in [-0.2, -0.15) is 0 Å². The van der Waals surface area contributed by atoms with E-state index in [4.69, 9.17) is 10.5 Å². The van der Waals surface area contributed by atoms with Gasteiger partial charge in [-0.15, -0.1) is 0 Å². The maximum atomic E-state index is 12.6. The fourth-order valence-electron chi connectivity index (χ4n) is 2.96. The van der Waals surface area contributed by atoms with Gasteiger partial charge in [-0.3, -0.25) is 14.4 Å². The Balaban J connectivity index is 2.73. The molecule has 1 rings (SSSR count). The fourth-order valence-corrected chi connectivity index (χ4v) is 2.96. The first-order chi connectivity index (χ1) is 11.8. The second-order valence-corrected chi connectivity index (χ2v) is 7.07. The van der Waals surface area contributed by atoms with E-state index in [1.165, 1.54) is 6.92 Å². The van der Waals surface area contributed by atoms with Gasteiger partial charge in [0.25, 0.3) is 0 Å². The molecule has 144 valence electrons. The Morgan fingerprint density at radius 3 is 2.40 bits per heavy atom. The average Bonchev–Trinajstić information content (AvgIpc) is 2.58. The summed E-state index contributed by atoms with van der Waals surface area (Å²) in [5.41, 5.74) is 5.53. The summed E-state index contributed by atoms with van der Waals surface area (Å²) in [5, 5.41) is 12.6. The number of amides is 1. The first kappa shape index (κ1) is 21.7. The van der Waals surface area contributed by atoms with Crippen molar-refractivity contribution in [3.8, 4) is 0 Å². The Bertz CT molecular complexity index is 458. The van der Waals surface area contributed by atoms with E-state index in [0.717, 1.165) is 12.8 Å². The molecule has 0 aliphatic carbocycles. The Morgan fingerprint density at radius 1 is 1.24 bits per heavy atom. The second kappa shape index (κ2) is 10.6. The summed E-state index contributed by atoms with van der Waals surface area (Å²) in [5.74, 6) is -1.92. The maximum Gasteiger partial charge on any atom is 0.226 e. The van der Waals surface area contributed by atoms with E-state index in [1.807, 2.05) is 0 Å². The van der Waals surface area contributed by atoms with Crippen LogP contribution in [0.2, 0.25) is 0 Å². The van der Waals surface area contributed by atoms with Crippen LogP contribution >= 0.6 is 0 Å². The number of nitrogens with two attached hydrogens (primary N) is 1. The SMILES string of the molecule is CC(C)C(=O)[C@H](CCN)NC(=O)[C@@H](CC(=O)[C@@H]1CCCCO1)C(C)O. The molecule has 0 saturated carbocycles. The van der Waals surface area contributed by atoms with Gasteiger partial charge in [0, 0.05) is 18.9 Å². The van der Waals surface area contributed by atoms with Crippen LogP contribution in [0.25, 0.3) is 0 Å². The number of hydrogen-bond acceptors (Lipinski definition) is 6. The van der Waals surface area contributed by atoms with Crippen LogP contribution in [-0.2, 0) is 19.1 Å². The van der Waals surface area contributed by atoms with Gasteiger partial charge in [0.05, 0.1) is 18.1 Å². The zero-order valence-corrected chi connectivity index (χ0v) is 15.5. The minimum Gasteiger partial charge on any atom is -0.393 e. The van der Waals surface area contributed by atoms with Crippen LogP contribution in [0.3, 0.4) is 0 Å². The van der Waals surface area contributed by atoms with Gasteiger partial charge in [-0.05, 0) is 39.2 Å². The molecule has 1 saturated heterocycles. The molecule has 0 aromatic rings. The topological polar surface area (TPSA) is 119 Å². The predicted octanol–water partition coefficient (Wildman–Crippen LogP) is 0.570. The van der Waals surface area contributed by atoms with Gasteiger partial charge in [0.1, 0.15) is 6.10 Å². The highest BCUT2D eigenvalue weighted by Gasteiger charge is 2.33. The number of hydrogen-bond donors (Lipinski definition) is 3. The molecule has 1 amide bonds. The summed E-state index contributed by atoms with van der Waals surface area (Å²) in [7, 11) is 0. The van der Waals surface area contributed by atoms with Gasteiger partial charge >= 0.3 is 0 Å². The summed E-state index contributed by atoms with van der Waals surface area (Å²) in [6.45, 7) is 5.80. The summed E-state index contributed by atoms with van der Waals surface area (Å²) in [4.78, 5) is 37.1. The van der Waals surface area contributed by atoms with Crippen molar-refractivity contribution in [1.82, 2.24) is 5.32 Å². The number of ether oxygens (including phenoxy) is 1. The first-order valence-electron chi connectivity index (χ1n) is 9.14. The van der Waals surface area contributed by atoms with Crippen molar-refractivity contribution in [2.45, 2.75) is 71.1 Å². The van der Waals surface area contributed by atoms with E-state index in [1.54, 1.807) is 13.8 Å². The molecule has 4 N–H and O–H groups in total. The number of carbonyl (C=O) groups is 3. The highest BCUT2D eigenvalue weighted by molar-refractivity contribution is 5.93. The molecule has 0 radical (unpaired) electrons. The van der Waals surface area contributed by atoms with Crippen molar-refractivity contribution in [3.63, 3.8) is 0 Å². The third kappa shape index (κ3) is 6.84. The predicted molar refractivity (Wildman–Crippen MR) is 93.8 cm³/mol. The highest BCUT2D eigenvalue weighted by atomic mass is 16.5. The lowest BCUT2D eigenvalue weighted by molar-refractivity contribution is -0.141. The third-order valence-corrected chi connectivity index (χ3v) is 4.56. The van der Waals surface area contributed by atoms with Crippen LogP contribution in [0, 0.1) is 11.8 Å². The Hall–Kier alpha value is -1.31. The van der Waals surface area contributed by atoms with E-state index < -0.39 is 30.1 Å². The van der Waals surface area contributed by atoms with Crippen molar-refractivity contribution in [3.05, 3.63) is 0 Å². The number of nitrogens with one attached hydrogen (secondary N) is 1. The van der Waals surface area contributed by atoms with Crippen molar-refractivity contribution in [2.75, 3.05) is 13.2 Å². The van der Waals surface area contributed by atoms with Crippen LogP contribution in [0.4, 0.5) is 0 Å². The largest absolute Gasteiger partial charge is 0.393 e. The number of ketones is 2. The van der Waals surface area contributed by atoms with Gasteiger partial charge < -0.3 is 20.9 Å². The molecular formula is C18H32N2O5. The summed E-state index contributed by atoms with van der Waals surface area (Å²) < 4.78 is 5.46. The molecule has 7 nitrogen and oxygen atoms in total. The van der Waals surface area contributed by atoms with Crippen molar-refractivity contribution >= 4 is 17.5 Å². The fraction of sp³-hybridized carbons (Fsp3) is 0.833. The third-order valence-electron chi connectivity index (χ3n) is 4.56. The molecule has 1 unspecified atom stereocenters. The van der Waals surface area contributed by atoms with Crippen molar-refractivity contribution in [1.29, 1.82) is 0 Å². The normalized spacial score (nSPS) is 21.4. The van der Waals surface area contributed by atoms with Crippen LogP contribution < -0.4 is 11.1 Å². The number of Topliss-reactive ketones (excluding diaryl/α,β-unsaturated/α-hetero) is 2. The first-order valence-corrected chi connectivity index (χ1v) is 9.14. The standard InChI is InChI=1S/C18H32N2O5/c1-11(2)17(23)14(7-8-19)20-18(24)13(12(3)21)10-15(22)16-6-4-5-9-25-16/h11-14,16,21H,4-10,19H2,1-3H3,(H,20,24)/t12?,13-,14-,16-/m0/s1. The minimum atomic E-state index is -1.000. The monoisotopic (exact) mass is 356 g/mol. The lowest BCUT2D eigenvalue weighted by Gasteiger charge is -2.26. The van der Waals surface area contributed by atoms with Crippen molar-refractivity contribution in [2.24, 2.45) is 17.6 Å². The minimum absolute atomic E-state index is 0.0978. The molecule has 1 aliphatic heterocycles. The molecule has 25 heavy (non-hydrogen) atoms. The van der Waals surface area contributed by atoms with Crippen LogP contribution in [0.15, 0.2) is 0 Å². The zero-order chi connectivity index (χ0) is 19.0. The maximum absolute atomic E-state index is 12.6. The van der Waals surface area contributed by atoms with Crippen molar-refractivity contribution < 1.29 is 24.2 Å². The molecule has 0 aromatic carbocycles. The summed E-state index contributed by atoms with van der Waals surface area (Å²) in [6.07, 6.45) is 1.23. The van der Waals surface area contributed by atoms with Gasteiger partial charge in [-0.1, -0.05) is 13.8 Å². The Kier molecular flexibility index (Phi) is 9.24.